The van der Waals surface area contributed by atoms with E-state index in [9.17, 15) is 0 Å². The molecule has 2 saturated carbocycles. The monoisotopic (exact) mass is 263 g/mol. The van der Waals surface area contributed by atoms with E-state index >= 15 is 0 Å². The van der Waals surface area contributed by atoms with Gasteiger partial charge in [0.2, 0.25) is 5.95 Å². The van der Waals surface area contributed by atoms with Crippen LogP contribution in [0.15, 0.2) is 6.20 Å². The van der Waals surface area contributed by atoms with Gasteiger partial charge < -0.3 is 14.6 Å². The first-order valence-electron chi connectivity index (χ1n) is 7.50. The number of hydrogen-bond acceptors (Lipinski definition) is 3. The Morgan fingerprint density at radius 3 is 2.53 bits per heavy atom. The summed E-state index contributed by atoms with van der Waals surface area (Å²) in [6, 6.07) is 0.975. The van der Waals surface area contributed by atoms with Gasteiger partial charge in [-0.25, -0.2) is 4.98 Å². The summed E-state index contributed by atoms with van der Waals surface area (Å²) in [4.78, 5) is 4.67. The molecule has 0 aliphatic heterocycles. The third-order valence-corrected chi connectivity index (χ3v) is 4.29. The standard InChI is InChI=1S/C15H25N3O/c1-10-8-18(11(2)9-19-3)15(16-10)17-14(12-4-5-12)13-6-7-13/h8,11-14H,4-7,9H2,1-3H3,(H,16,17). The van der Waals surface area contributed by atoms with E-state index in [0.29, 0.717) is 12.1 Å². The lowest BCUT2D eigenvalue weighted by Crippen LogP contribution is -2.27. The van der Waals surface area contributed by atoms with Crippen LogP contribution in [0.5, 0.6) is 0 Å². The van der Waals surface area contributed by atoms with Crippen molar-refractivity contribution in [1.82, 2.24) is 9.55 Å². The van der Waals surface area contributed by atoms with Crippen LogP contribution in [-0.2, 0) is 4.74 Å². The van der Waals surface area contributed by atoms with Gasteiger partial charge in [-0.2, -0.15) is 0 Å². The lowest BCUT2D eigenvalue weighted by molar-refractivity contribution is 0.163. The van der Waals surface area contributed by atoms with Crippen LogP contribution in [0.4, 0.5) is 5.95 Å². The number of hydrogen-bond donors (Lipinski definition) is 1. The van der Waals surface area contributed by atoms with Gasteiger partial charge in [0, 0.05) is 19.3 Å². The highest BCUT2D eigenvalue weighted by Crippen LogP contribution is 2.45. The average molecular weight is 263 g/mol. The lowest BCUT2D eigenvalue weighted by atomic mass is 10.1. The minimum Gasteiger partial charge on any atom is -0.383 e. The van der Waals surface area contributed by atoms with Gasteiger partial charge >= 0.3 is 0 Å². The van der Waals surface area contributed by atoms with Gasteiger partial charge in [-0.15, -0.1) is 0 Å². The highest BCUT2D eigenvalue weighted by molar-refractivity contribution is 5.33. The van der Waals surface area contributed by atoms with Crippen molar-refractivity contribution in [2.45, 2.75) is 51.6 Å². The average Bonchev–Trinajstić information content (AvgIpc) is 3.25. The van der Waals surface area contributed by atoms with E-state index in [1.54, 1.807) is 7.11 Å². The molecule has 1 unspecified atom stereocenters. The van der Waals surface area contributed by atoms with Gasteiger partial charge in [-0.05, 0) is 51.4 Å². The SMILES string of the molecule is COCC(C)n1cc(C)nc1NC(C1CC1)C1CC1. The number of aryl methyl sites for hydroxylation is 1. The zero-order chi connectivity index (χ0) is 13.4. The molecule has 0 radical (unpaired) electrons. The summed E-state index contributed by atoms with van der Waals surface area (Å²) in [6.07, 6.45) is 7.69. The van der Waals surface area contributed by atoms with Crippen molar-refractivity contribution in [2.75, 3.05) is 19.0 Å². The van der Waals surface area contributed by atoms with Crippen molar-refractivity contribution in [3.05, 3.63) is 11.9 Å². The van der Waals surface area contributed by atoms with E-state index in [2.05, 4.69) is 34.9 Å². The first kappa shape index (κ1) is 13.0. The molecule has 2 aliphatic rings. The van der Waals surface area contributed by atoms with E-state index in [1.807, 2.05) is 0 Å². The van der Waals surface area contributed by atoms with Gasteiger partial charge in [0.15, 0.2) is 0 Å². The van der Waals surface area contributed by atoms with Crippen LogP contribution < -0.4 is 5.32 Å². The Hall–Kier alpha value is -1.03. The van der Waals surface area contributed by atoms with Crippen LogP contribution in [0.25, 0.3) is 0 Å². The number of nitrogens with one attached hydrogen (secondary N) is 1. The Morgan fingerprint density at radius 2 is 2.00 bits per heavy atom. The summed E-state index contributed by atoms with van der Waals surface area (Å²) in [6.45, 7) is 4.96. The molecule has 3 rings (SSSR count). The molecule has 0 saturated heterocycles. The molecule has 106 valence electrons. The van der Waals surface area contributed by atoms with Crippen LogP contribution in [0.1, 0.15) is 44.3 Å². The first-order chi connectivity index (χ1) is 9.19. The molecular formula is C15H25N3O. The predicted octanol–water partition coefficient (Wildman–Crippen LogP) is 3.00. The van der Waals surface area contributed by atoms with E-state index in [0.717, 1.165) is 30.1 Å². The smallest absolute Gasteiger partial charge is 0.203 e. The van der Waals surface area contributed by atoms with Crippen LogP contribution in [0.3, 0.4) is 0 Å². The Kier molecular flexibility index (Phi) is 3.52. The zero-order valence-corrected chi connectivity index (χ0v) is 12.2. The highest BCUT2D eigenvalue weighted by atomic mass is 16.5. The Labute approximate surface area is 115 Å². The van der Waals surface area contributed by atoms with Gasteiger partial charge in [0.05, 0.1) is 18.3 Å². The van der Waals surface area contributed by atoms with Crippen molar-refractivity contribution in [2.24, 2.45) is 11.8 Å². The molecule has 1 aromatic rings. The lowest BCUT2D eigenvalue weighted by Gasteiger charge is -2.21. The second-order valence-electron chi connectivity index (χ2n) is 6.26. The molecule has 0 amide bonds. The van der Waals surface area contributed by atoms with Crippen LogP contribution in [0.2, 0.25) is 0 Å². The maximum Gasteiger partial charge on any atom is 0.203 e. The maximum atomic E-state index is 5.27. The van der Waals surface area contributed by atoms with Crippen LogP contribution in [-0.4, -0.2) is 29.3 Å². The summed E-state index contributed by atoms with van der Waals surface area (Å²) < 4.78 is 7.50. The number of anilines is 1. The molecule has 2 aliphatic carbocycles. The zero-order valence-electron chi connectivity index (χ0n) is 12.2. The quantitative estimate of drug-likeness (QED) is 0.822. The highest BCUT2D eigenvalue weighted by Gasteiger charge is 2.42. The summed E-state index contributed by atoms with van der Waals surface area (Å²) in [5.74, 6) is 2.80. The van der Waals surface area contributed by atoms with E-state index in [-0.39, 0.29) is 0 Å². The number of methoxy groups -OCH3 is 1. The first-order valence-corrected chi connectivity index (χ1v) is 7.50. The molecule has 1 aromatic heterocycles. The number of rotatable bonds is 7. The summed E-state index contributed by atoms with van der Waals surface area (Å²) in [7, 11) is 1.75. The van der Waals surface area contributed by atoms with Gasteiger partial charge in [-0.1, -0.05) is 0 Å². The number of ether oxygens (including phenoxy) is 1. The minimum absolute atomic E-state index is 0.327. The van der Waals surface area contributed by atoms with E-state index < -0.39 is 0 Å². The third-order valence-electron chi connectivity index (χ3n) is 4.29. The third kappa shape index (κ3) is 2.94. The van der Waals surface area contributed by atoms with Crippen molar-refractivity contribution >= 4 is 5.95 Å². The summed E-state index contributed by atoms with van der Waals surface area (Å²) in [5, 5.41) is 3.73. The molecule has 4 nitrogen and oxygen atoms in total. The molecule has 0 aromatic carbocycles. The molecule has 2 fully saturated rings. The van der Waals surface area contributed by atoms with E-state index in [1.165, 1.54) is 25.7 Å². The molecule has 0 bridgehead atoms. The van der Waals surface area contributed by atoms with Crippen molar-refractivity contribution in [3.8, 4) is 0 Å². The van der Waals surface area contributed by atoms with Crippen molar-refractivity contribution < 1.29 is 4.74 Å². The Bertz CT molecular complexity index is 423. The molecule has 1 heterocycles. The molecule has 19 heavy (non-hydrogen) atoms. The summed E-state index contributed by atoms with van der Waals surface area (Å²) in [5.41, 5.74) is 1.08. The maximum absolute atomic E-state index is 5.27. The van der Waals surface area contributed by atoms with Crippen LogP contribution in [0, 0.1) is 18.8 Å². The number of imidazole rings is 1. The van der Waals surface area contributed by atoms with Crippen molar-refractivity contribution in [1.29, 1.82) is 0 Å². The number of aromatic nitrogens is 2. The second kappa shape index (κ2) is 5.16. The van der Waals surface area contributed by atoms with Crippen LogP contribution >= 0.6 is 0 Å². The largest absolute Gasteiger partial charge is 0.383 e. The Morgan fingerprint density at radius 1 is 1.37 bits per heavy atom. The fourth-order valence-electron chi connectivity index (χ4n) is 2.96. The number of nitrogens with zero attached hydrogens (tertiary/aromatic N) is 2. The normalized spacial score (nSPS) is 20.8. The van der Waals surface area contributed by atoms with Gasteiger partial charge in [0.25, 0.3) is 0 Å². The Balaban J connectivity index is 1.75. The topological polar surface area (TPSA) is 39.1 Å². The predicted molar refractivity (Wildman–Crippen MR) is 76.4 cm³/mol. The van der Waals surface area contributed by atoms with Gasteiger partial charge in [-0.3, -0.25) is 0 Å². The fraction of sp³-hybridized carbons (Fsp3) is 0.800. The van der Waals surface area contributed by atoms with Crippen molar-refractivity contribution in [3.63, 3.8) is 0 Å². The van der Waals surface area contributed by atoms with Gasteiger partial charge in [0.1, 0.15) is 0 Å². The molecule has 0 spiro atoms. The minimum atomic E-state index is 0.327. The summed E-state index contributed by atoms with van der Waals surface area (Å²) >= 11 is 0. The van der Waals surface area contributed by atoms with E-state index in [4.69, 9.17) is 4.74 Å². The fourth-order valence-corrected chi connectivity index (χ4v) is 2.96. The molecule has 1 atom stereocenters. The second-order valence-corrected chi connectivity index (χ2v) is 6.26. The molecule has 4 heteroatoms. The molecule has 1 N–H and O–H groups in total. The molecular weight excluding hydrogens is 238 g/mol.